The Morgan fingerprint density at radius 1 is 1.29 bits per heavy atom. The molecule has 0 heterocycles. The van der Waals surface area contributed by atoms with E-state index in [4.69, 9.17) is 9.47 Å². The smallest absolute Gasteiger partial charge is 0.119 e. The van der Waals surface area contributed by atoms with Gasteiger partial charge in [-0.3, -0.25) is 0 Å². The first-order valence-electron chi connectivity index (χ1n) is 7.83. The van der Waals surface area contributed by atoms with Crippen molar-refractivity contribution in [2.75, 3.05) is 13.2 Å². The third kappa shape index (κ3) is 5.21. The van der Waals surface area contributed by atoms with Gasteiger partial charge < -0.3 is 19.9 Å². The molecule has 2 atom stereocenters. The summed E-state index contributed by atoms with van der Waals surface area (Å²) in [5.41, 5.74) is -0.272. The topological polar surface area (TPSA) is 50.7 Å². The average molecular weight is 293 g/mol. The van der Waals surface area contributed by atoms with Crippen LogP contribution in [0.3, 0.4) is 0 Å². The summed E-state index contributed by atoms with van der Waals surface area (Å²) in [6.07, 6.45) is 3.23. The lowest BCUT2D eigenvalue weighted by Crippen LogP contribution is -2.49. The number of ether oxygens (including phenoxy) is 2. The van der Waals surface area contributed by atoms with Crippen molar-refractivity contribution in [1.82, 2.24) is 5.32 Å². The summed E-state index contributed by atoms with van der Waals surface area (Å²) >= 11 is 0. The van der Waals surface area contributed by atoms with Gasteiger partial charge in [-0.25, -0.2) is 0 Å². The zero-order chi connectivity index (χ0) is 15.3. The molecule has 2 N–H and O–H groups in total. The van der Waals surface area contributed by atoms with E-state index in [1.54, 1.807) is 0 Å². The molecule has 1 aliphatic carbocycles. The second-order valence-electron chi connectivity index (χ2n) is 6.17. The third-order valence-electron chi connectivity index (χ3n) is 3.69. The molecular formula is C17H27NO3. The van der Waals surface area contributed by atoms with Gasteiger partial charge in [-0.05, 0) is 57.9 Å². The van der Waals surface area contributed by atoms with E-state index < -0.39 is 0 Å². The fourth-order valence-corrected chi connectivity index (χ4v) is 2.58. The van der Waals surface area contributed by atoms with Crippen LogP contribution in [0.1, 0.15) is 40.0 Å². The zero-order valence-electron chi connectivity index (χ0n) is 13.3. The van der Waals surface area contributed by atoms with E-state index in [9.17, 15) is 5.11 Å². The van der Waals surface area contributed by atoms with E-state index >= 15 is 0 Å². The molecule has 0 amide bonds. The van der Waals surface area contributed by atoms with Gasteiger partial charge in [-0.2, -0.15) is 0 Å². The normalized spacial score (nSPS) is 18.9. The number of benzene rings is 1. The molecule has 1 aliphatic rings. The van der Waals surface area contributed by atoms with E-state index in [0.29, 0.717) is 12.6 Å². The minimum Gasteiger partial charge on any atom is -0.494 e. The van der Waals surface area contributed by atoms with Crippen LogP contribution in [0.5, 0.6) is 11.5 Å². The Kier molecular flexibility index (Phi) is 5.48. The molecule has 1 aromatic carbocycles. The van der Waals surface area contributed by atoms with Gasteiger partial charge in [-0.15, -0.1) is 0 Å². The molecule has 21 heavy (non-hydrogen) atoms. The maximum atomic E-state index is 9.64. The average Bonchev–Trinajstić information content (AvgIpc) is 3.25. The highest BCUT2D eigenvalue weighted by Crippen LogP contribution is 2.26. The van der Waals surface area contributed by atoms with Crippen LogP contribution < -0.4 is 14.8 Å². The van der Waals surface area contributed by atoms with Gasteiger partial charge in [0.25, 0.3) is 0 Å². The lowest BCUT2D eigenvalue weighted by molar-refractivity contribution is 0.108. The van der Waals surface area contributed by atoms with Crippen molar-refractivity contribution < 1.29 is 14.6 Å². The molecule has 0 aliphatic heterocycles. The Labute approximate surface area is 127 Å². The first kappa shape index (κ1) is 16.1. The van der Waals surface area contributed by atoms with Gasteiger partial charge in [0.05, 0.1) is 19.3 Å². The van der Waals surface area contributed by atoms with Gasteiger partial charge in [-0.1, -0.05) is 0 Å². The highest BCUT2D eigenvalue weighted by Gasteiger charge is 2.33. The maximum absolute atomic E-state index is 9.64. The third-order valence-corrected chi connectivity index (χ3v) is 3.69. The van der Waals surface area contributed by atoms with Gasteiger partial charge in [0.1, 0.15) is 11.5 Å². The van der Waals surface area contributed by atoms with Gasteiger partial charge in [0, 0.05) is 18.0 Å². The molecule has 118 valence electrons. The van der Waals surface area contributed by atoms with Crippen molar-refractivity contribution in [2.45, 2.75) is 57.7 Å². The van der Waals surface area contributed by atoms with Crippen molar-refractivity contribution in [3.8, 4) is 11.5 Å². The minimum atomic E-state index is -0.272. The lowest BCUT2D eigenvalue weighted by Gasteiger charge is -2.32. The molecule has 4 heteroatoms. The van der Waals surface area contributed by atoms with Crippen LogP contribution in [0.4, 0.5) is 0 Å². The maximum Gasteiger partial charge on any atom is 0.119 e. The van der Waals surface area contributed by atoms with Crippen molar-refractivity contribution in [3.05, 3.63) is 24.3 Å². The monoisotopic (exact) mass is 293 g/mol. The molecule has 1 fully saturated rings. The number of aliphatic hydroxyl groups excluding tert-OH is 1. The summed E-state index contributed by atoms with van der Waals surface area (Å²) in [5, 5.41) is 13.1. The molecule has 0 radical (unpaired) electrons. The number of hydrogen-bond acceptors (Lipinski definition) is 4. The SMILES string of the molecule is CCOc1ccc(OC(C)CC(C)(CO)NC2CC2)cc1. The highest BCUT2D eigenvalue weighted by atomic mass is 16.5. The van der Waals surface area contributed by atoms with Crippen LogP contribution in [0, 0.1) is 0 Å². The van der Waals surface area contributed by atoms with E-state index in [1.165, 1.54) is 12.8 Å². The van der Waals surface area contributed by atoms with Crippen LogP contribution in [-0.2, 0) is 0 Å². The van der Waals surface area contributed by atoms with E-state index in [-0.39, 0.29) is 18.2 Å². The van der Waals surface area contributed by atoms with Crippen LogP contribution in [-0.4, -0.2) is 36.0 Å². The van der Waals surface area contributed by atoms with E-state index in [2.05, 4.69) is 12.2 Å². The van der Waals surface area contributed by atoms with Gasteiger partial charge >= 0.3 is 0 Å². The quantitative estimate of drug-likeness (QED) is 0.735. The fraction of sp³-hybridized carbons (Fsp3) is 0.647. The van der Waals surface area contributed by atoms with Gasteiger partial charge in [0.15, 0.2) is 0 Å². The molecule has 2 unspecified atom stereocenters. The highest BCUT2D eigenvalue weighted by molar-refractivity contribution is 5.31. The van der Waals surface area contributed by atoms with Crippen LogP contribution in [0.25, 0.3) is 0 Å². The largest absolute Gasteiger partial charge is 0.494 e. The first-order valence-corrected chi connectivity index (χ1v) is 7.83. The van der Waals surface area contributed by atoms with Crippen molar-refractivity contribution in [1.29, 1.82) is 0 Å². The number of rotatable bonds is 9. The van der Waals surface area contributed by atoms with Gasteiger partial charge in [0.2, 0.25) is 0 Å². The summed E-state index contributed by atoms with van der Waals surface area (Å²) in [7, 11) is 0. The first-order chi connectivity index (χ1) is 10.0. The predicted octanol–water partition coefficient (Wildman–Crippen LogP) is 2.75. The molecular weight excluding hydrogens is 266 g/mol. The summed E-state index contributed by atoms with van der Waals surface area (Å²) in [5.74, 6) is 1.69. The van der Waals surface area contributed by atoms with Crippen LogP contribution in [0.2, 0.25) is 0 Å². The fourth-order valence-electron chi connectivity index (χ4n) is 2.58. The molecule has 0 aromatic heterocycles. The molecule has 4 nitrogen and oxygen atoms in total. The predicted molar refractivity (Wildman–Crippen MR) is 84.0 cm³/mol. The van der Waals surface area contributed by atoms with Crippen molar-refractivity contribution >= 4 is 0 Å². The summed E-state index contributed by atoms with van der Waals surface area (Å²) in [4.78, 5) is 0. The molecule has 0 saturated heterocycles. The Morgan fingerprint density at radius 3 is 2.43 bits per heavy atom. The summed E-state index contributed by atoms with van der Waals surface area (Å²) in [6, 6.07) is 8.25. The minimum absolute atomic E-state index is 0.0337. The zero-order valence-corrected chi connectivity index (χ0v) is 13.3. The number of hydrogen-bond donors (Lipinski definition) is 2. The summed E-state index contributed by atoms with van der Waals surface area (Å²) in [6.45, 7) is 6.86. The number of nitrogens with one attached hydrogen (secondary N) is 1. The van der Waals surface area contributed by atoms with Crippen LogP contribution >= 0.6 is 0 Å². The molecule has 1 aromatic rings. The van der Waals surface area contributed by atoms with Crippen LogP contribution in [0.15, 0.2) is 24.3 Å². The van der Waals surface area contributed by atoms with Crippen molar-refractivity contribution in [3.63, 3.8) is 0 Å². The Morgan fingerprint density at radius 2 is 1.90 bits per heavy atom. The molecule has 1 saturated carbocycles. The number of aliphatic hydroxyl groups is 1. The second-order valence-corrected chi connectivity index (χ2v) is 6.17. The Hall–Kier alpha value is -1.26. The Balaban J connectivity index is 1.85. The second kappa shape index (κ2) is 7.14. The molecule has 0 spiro atoms. The molecule has 2 rings (SSSR count). The molecule has 0 bridgehead atoms. The van der Waals surface area contributed by atoms with Crippen molar-refractivity contribution in [2.24, 2.45) is 0 Å². The standard InChI is InChI=1S/C17H27NO3/c1-4-20-15-7-9-16(10-8-15)21-13(2)11-17(3,12-19)18-14-5-6-14/h7-10,13-14,18-19H,4-6,11-12H2,1-3H3. The lowest BCUT2D eigenvalue weighted by atomic mass is 9.95. The van der Waals surface area contributed by atoms with E-state index in [0.717, 1.165) is 17.9 Å². The van der Waals surface area contributed by atoms with E-state index in [1.807, 2.05) is 38.1 Å². The Bertz CT molecular complexity index is 430. The summed E-state index contributed by atoms with van der Waals surface area (Å²) < 4.78 is 11.4.